The Kier molecular flexibility index (Phi) is 7.71. The van der Waals surface area contributed by atoms with Gasteiger partial charge in [-0.05, 0) is 87.0 Å². The zero-order valence-corrected chi connectivity index (χ0v) is 29.6. The molecule has 0 atom stereocenters. The summed E-state index contributed by atoms with van der Waals surface area (Å²) < 4.78 is 2.50. The van der Waals surface area contributed by atoms with Crippen molar-refractivity contribution in [1.29, 1.82) is 0 Å². The first-order chi connectivity index (χ1) is 26.2. The molecule has 3 heteroatoms. The molecule has 0 spiro atoms. The van der Waals surface area contributed by atoms with Gasteiger partial charge in [-0.25, -0.2) is 9.97 Å². The van der Waals surface area contributed by atoms with Gasteiger partial charge in [-0.2, -0.15) is 0 Å². The molecule has 2 nitrogen and oxygen atoms in total. The molecule has 53 heavy (non-hydrogen) atoms. The monoisotopic (exact) mass is 692 g/mol. The number of nitrogens with zero attached hydrogens (tertiary/aromatic N) is 2. The quantitative estimate of drug-likeness (QED) is 0.173. The second-order valence-corrected chi connectivity index (χ2v) is 14.4. The highest BCUT2D eigenvalue weighted by atomic mass is 32.1. The van der Waals surface area contributed by atoms with Crippen LogP contribution in [-0.4, -0.2) is 9.97 Å². The fraction of sp³-hybridized carbons (Fsp3) is 0. The van der Waals surface area contributed by atoms with E-state index in [9.17, 15) is 0 Å². The van der Waals surface area contributed by atoms with Crippen molar-refractivity contribution in [3.05, 3.63) is 194 Å². The van der Waals surface area contributed by atoms with Crippen LogP contribution in [0.3, 0.4) is 0 Å². The minimum atomic E-state index is 0.720. The van der Waals surface area contributed by atoms with Gasteiger partial charge in [0.2, 0.25) is 0 Å². The number of hydrogen-bond acceptors (Lipinski definition) is 3. The minimum absolute atomic E-state index is 0.720. The molecule has 0 unspecified atom stereocenters. The Hall–Kier alpha value is -6.68. The molecule has 10 rings (SSSR count). The van der Waals surface area contributed by atoms with Crippen molar-refractivity contribution in [1.82, 2.24) is 9.97 Å². The number of benzene rings is 8. The van der Waals surface area contributed by atoms with Crippen LogP contribution in [-0.2, 0) is 0 Å². The van der Waals surface area contributed by atoms with E-state index in [1.54, 1.807) is 0 Å². The Morgan fingerprint density at radius 2 is 0.792 bits per heavy atom. The molecule has 0 bridgehead atoms. The molecule has 0 aliphatic carbocycles. The smallest absolute Gasteiger partial charge is 0.160 e. The lowest BCUT2D eigenvalue weighted by Crippen LogP contribution is -1.95. The number of thiophene rings is 1. The van der Waals surface area contributed by atoms with Crippen LogP contribution in [0.5, 0.6) is 0 Å². The summed E-state index contributed by atoms with van der Waals surface area (Å²) in [7, 11) is 0. The first-order valence-electron chi connectivity index (χ1n) is 17.9. The normalized spacial score (nSPS) is 11.4. The Morgan fingerprint density at radius 3 is 1.43 bits per heavy atom. The summed E-state index contributed by atoms with van der Waals surface area (Å²) in [6, 6.07) is 69.2. The van der Waals surface area contributed by atoms with Crippen LogP contribution in [0.1, 0.15) is 0 Å². The second-order valence-electron chi connectivity index (χ2n) is 13.4. The maximum absolute atomic E-state index is 5.33. The van der Waals surface area contributed by atoms with Gasteiger partial charge < -0.3 is 0 Å². The molecule has 10 aromatic rings. The summed E-state index contributed by atoms with van der Waals surface area (Å²) >= 11 is 1.82. The predicted molar refractivity (Wildman–Crippen MR) is 225 cm³/mol. The van der Waals surface area contributed by atoms with E-state index >= 15 is 0 Å². The average Bonchev–Trinajstić information content (AvgIpc) is 3.63. The minimum Gasteiger partial charge on any atom is -0.228 e. The van der Waals surface area contributed by atoms with Crippen LogP contribution >= 0.6 is 11.3 Å². The molecule has 0 amide bonds. The van der Waals surface area contributed by atoms with Crippen LogP contribution in [0.4, 0.5) is 0 Å². The number of rotatable bonds is 6. The lowest BCUT2D eigenvalue weighted by molar-refractivity contribution is 1.23. The zero-order chi connectivity index (χ0) is 35.1. The summed E-state index contributed by atoms with van der Waals surface area (Å²) in [4.78, 5) is 10.6. The highest BCUT2D eigenvalue weighted by molar-refractivity contribution is 7.26. The van der Waals surface area contributed by atoms with E-state index in [4.69, 9.17) is 9.97 Å². The van der Waals surface area contributed by atoms with Crippen molar-refractivity contribution < 1.29 is 0 Å². The maximum Gasteiger partial charge on any atom is 0.160 e. The van der Waals surface area contributed by atoms with Crippen LogP contribution in [0.15, 0.2) is 194 Å². The lowest BCUT2D eigenvalue weighted by Gasteiger charge is -2.13. The predicted octanol–water partition coefficient (Wildman–Crippen LogP) is 14.0. The molecule has 0 radical (unpaired) electrons. The van der Waals surface area contributed by atoms with Crippen molar-refractivity contribution in [3.63, 3.8) is 0 Å². The molecular formula is C50H32N2S. The van der Waals surface area contributed by atoms with Gasteiger partial charge in [-0.1, -0.05) is 152 Å². The largest absolute Gasteiger partial charge is 0.228 e. The molecule has 8 aromatic carbocycles. The van der Waals surface area contributed by atoms with Gasteiger partial charge in [0, 0.05) is 36.7 Å². The van der Waals surface area contributed by atoms with E-state index < -0.39 is 0 Å². The van der Waals surface area contributed by atoms with E-state index in [-0.39, 0.29) is 0 Å². The molecule has 0 aliphatic heterocycles. The van der Waals surface area contributed by atoms with Crippen LogP contribution < -0.4 is 0 Å². The Labute approximate surface area is 312 Å². The third-order valence-electron chi connectivity index (χ3n) is 10.1. The standard InChI is InChI=1S/C50H32N2S/c1-4-14-33(15-5-1)40-30-41(34-16-6-2-7-17-34)32-42(31-40)38-22-12-20-36(28-38)37-21-13-23-39(29-37)50-51-45-27-26-44-43-24-10-11-25-46(43)53-49(44)47(45)48(52-50)35-18-8-3-9-19-35/h1-32H. The third kappa shape index (κ3) is 5.78. The molecule has 2 aromatic heterocycles. The Bertz CT molecular complexity index is 2870. The molecular weight excluding hydrogens is 661 g/mol. The van der Waals surface area contributed by atoms with Gasteiger partial charge in [0.05, 0.1) is 11.2 Å². The van der Waals surface area contributed by atoms with Gasteiger partial charge in [0.1, 0.15) is 0 Å². The number of hydrogen-bond donors (Lipinski definition) is 0. The van der Waals surface area contributed by atoms with Crippen LogP contribution in [0.25, 0.3) is 98.2 Å². The molecule has 0 aliphatic rings. The molecule has 0 N–H and O–H groups in total. The van der Waals surface area contributed by atoms with Crippen molar-refractivity contribution in [3.8, 4) is 67.2 Å². The lowest BCUT2D eigenvalue weighted by atomic mass is 9.92. The fourth-order valence-electron chi connectivity index (χ4n) is 7.44. The number of fused-ring (bicyclic) bond motifs is 5. The first-order valence-corrected chi connectivity index (χ1v) is 18.7. The van der Waals surface area contributed by atoms with Crippen molar-refractivity contribution >= 4 is 42.4 Å². The van der Waals surface area contributed by atoms with E-state index in [1.807, 2.05) is 11.3 Å². The number of aromatic nitrogens is 2. The Morgan fingerprint density at radius 1 is 0.321 bits per heavy atom. The van der Waals surface area contributed by atoms with E-state index in [1.165, 1.54) is 53.6 Å². The van der Waals surface area contributed by atoms with E-state index in [0.29, 0.717) is 0 Å². The maximum atomic E-state index is 5.33. The Balaban J connectivity index is 1.09. The first kappa shape index (κ1) is 31.1. The topological polar surface area (TPSA) is 25.8 Å². The third-order valence-corrected chi connectivity index (χ3v) is 11.3. The fourth-order valence-corrected chi connectivity index (χ4v) is 8.69. The summed E-state index contributed by atoms with van der Waals surface area (Å²) in [6.45, 7) is 0. The summed E-state index contributed by atoms with van der Waals surface area (Å²) in [6.07, 6.45) is 0. The SMILES string of the molecule is c1ccc(-c2cc(-c3ccccc3)cc(-c3cccc(-c4cccc(-c5nc(-c6ccccc6)c6c(ccc7c8ccccc8sc76)n5)c4)c3)c2)cc1. The van der Waals surface area contributed by atoms with E-state index in [2.05, 4.69) is 194 Å². The average molecular weight is 693 g/mol. The van der Waals surface area contributed by atoms with Gasteiger partial charge in [0.25, 0.3) is 0 Å². The van der Waals surface area contributed by atoms with Crippen LogP contribution in [0, 0.1) is 0 Å². The molecule has 0 saturated carbocycles. The molecule has 2 heterocycles. The highest BCUT2D eigenvalue weighted by Gasteiger charge is 2.17. The van der Waals surface area contributed by atoms with Gasteiger partial charge in [-0.3, -0.25) is 0 Å². The summed E-state index contributed by atoms with van der Waals surface area (Å²) in [5, 5.41) is 3.63. The zero-order valence-electron chi connectivity index (χ0n) is 28.8. The van der Waals surface area contributed by atoms with E-state index in [0.717, 1.165) is 44.7 Å². The van der Waals surface area contributed by atoms with Crippen LogP contribution in [0.2, 0.25) is 0 Å². The highest BCUT2D eigenvalue weighted by Crippen LogP contribution is 2.42. The second kappa shape index (κ2) is 13.1. The molecule has 0 saturated heterocycles. The van der Waals surface area contributed by atoms with Crippen molar-refractivity contribution in [2.75, 3.05) is 0 Å². The van der Waals surface area contributed by atoms with Gasteiger partial charge in [0.15, 0.2) is 5.82 Å². The molecule has 0 fully saturated rings. The van der Waals surface area contributed by atoms with Gasteiger partial charge in [-0.15, -0.1) is 11.3 Å². The molecule has 248 valence electrons. The van der Waals surface area contributed by atoms with Crippen molar-refractivity contribution in [2.24, 2.45) is 0 Å². The summed E-state index contributed by atoms with van der Waals surface area (Å²) in [5.74, 6) is 0.720. The summed E-state index contributed by atoms with van der Waals surface area (Å²) in [5.41, 5.74) is 13.4. The van der Waals surface area contributed by atoms with Gasteiger partial charge >= 0.3 is 0 Å². The van der Waals surface area contributed by atoms with Crippen molar-refractivity contribution in [2.45, 2.75) is 0 Å².